The summed E-state index contributed by atoms with van der Waals surface area (Å²) < 4.78 is 34.8. The lowest BCUT2D eigenvalue weighted by Gasteiger charge is -2.38. The number of nitrogens with zero attached hydrogens (tertiary/aromatic N) is 4. The second kappa shape index (κ2) is 6.12. The molecule has 1 aliphatic heterocycles. The first-order chi connectivity index (χ1) is 10.5. The van der Waals surface area contributed by atoms with Crippen LogP contribution in [0.2, 0.25) is 0 Å². The number of aromatic nitrogens is 2. The second-order valence-electron chi connectivity index (χ2n) is 6.80. The second-order valence-corrected chi connectivity index (χ2v) is 8.63. The molecular weight excluding hydrogens is 320 g/mol. The molecule has 0 spiro atoms. The van der Waals surface area contributed by atoms with E-state index in [1.54, 1.807) is 22.7 Å². The molecular formula is C14H25N4O4S+. The Kier molecular flexibility index (Phi) is 4.72. The molecule has 23 heavy (non-hydrogen) atoms. The topological polar surface area (TPSA) is 75.7 Å². The van der Waals surface area contributed by atoms with Crippen LogP contribution in [0.4, 0.5) is 4.79 Å². The van der Waals surface area contributed by atoms with Crippen molar-refractivity contribution in [3.05, 3.63) is 18.7 Å². The van der Waals surface area contributed by atoms with Crippen LogP contribution in [0.25, 0.3) is 0 Å². The van der Waals surface area contributed by atoms with Gasteiger partial charge in [0.25, 0.3) is 6.33 Å². The number of carbonyl (C=O) groups is 1. The Morgan fingerprint density at radius 1 is 1.30 bits per heavy atom. The Labute approximate surface area is 137 Å². The zero-order valence-electron chi connectivity index (χ0n) is 14.3. The molecule has 0 aliphatic carbocycles. The Hall–Kier alpha value is -1.61. The smallest absolute Gasteiger partial charge is 0.410 e. The van der Waals surface area contributed by atoms with Crippen molar-refractivity contribution in [2.24, 2.45) is 7.05 Å². The minimum atomic E-state index is -3.61. The number of amides is 1. The summed E-state index contributed by atoms with van der Waals surface area (Å²) in [4.78, 5) is 13.8. The maximum atomic E-state index is 12.6. The van der Waals surface area contributed by atoms with Crippen LogP contribution >= 0.6 is 0 Å². The van der Waals surface area contributed by atoms with E-state index in [0.717, 1.165) is 0 Å². The van der Waals surface area contributed by atoms with Gasteiger partial charge in [0.2, 0.25) is 0 Å². The van der Waals surface area contributed by atoms with E-state index in [1.165, 1.54) is 20.8 Å². The van der Waals surface area contributed by atoms with Gasteiger partial charge in [-0.1, -0.05) is 0 Å². The van der Waals surface area contributed by atoms with Crippen molar-refractivity contribution in [1.82, 2.24) is 13.2 Å². The molecule has 2 heterocycles. The number of imidazole rings is 1. The molecule has 2 rings (SSSR count). The number of ether oxygens (including phenoxy) is 1. The number of hydrogen-bond acceptors (Lipinski definition) is 4. The van der Waals surface area contributed by atoms with Gasteiger partial charge in [-0.2, -0.15) is 12.7 Å². The maximum Gasteiger partial charge on any atom is 0.410 e. The summed E-state index contributed by atoms with van der Waals surface area (Å²) in [6.45, 7) is 8.04. The number of piperazine rings is 1. The largest absolute Gasteiger partial charge is 0.444 e. The van der Waals surface area contributed by atoms with Gasteiger partial charge in [0.15, 0.2) is 0 Å². The molecule has 0 bridgehead atoms. The zero-order valence-corrected chi connectivity index (χ0v) is 15.1. The SMILES string of the molecule is C[C@H]1CN(S(=O)(=O)n2cc[n+](C)c2)CCN1C(=O)OC(C)(C)C. The van der Waals surface area contributed by atoms with Crippen LogP contribution in [-0.2, 0) is 22.0 Å². The summed E-state index contributed by atoms with van der Waals surface area (Å²) in [5, 5.41) is 0. The monoisotopic (exact) mass is 345 g/mol. The summed E-state index contributed by atoms with van der Waals surface area (Å²) in [5.74, 6) is 0. The third kappa shape index (κ3) is 4.03. The fraction of sp³-hybridized carbons (Fsp3) is 0.714. The van der Waals surface area contributed by atoms with E-state index in [0.29, 0.717) is 6.54 Å². The predicted molar refractivity (Wildman–Crippen MR) is 83.9 cm³/mol. The van der Waals surface area contributed by atoms with Gasteiger partial charge < -0.3 is 9.64 Å². The highest BCUT2D eigenvalue weighted by atomic mass is 32.2. The van der Waals surface area contributed by atoms with Gasteiger partial charge in [0.05, 0.1) is 7.05 Å². The summed E-state index contributed by atoms with van der Waals surface area (Å²) in [5.41, 5.74) is -0.570. The van der Waals surface area contributed by atoms with Crippen molar-refractivity contribution in [3.8, 4) is 0 Å². The van der Waals surface area contributed by atoms with Gasteiger partial charge in [-0.25, -0.2) is 9.36 Å². The number of hydrogen-bond donors (Lipinski definition) is 0. The lowest BCUT2D eigenvalue weighted by molar-refractivity contribution is -0.670. The third-order valence-corrected chi connectivity index (χ3v) is 5.29. The minimum Gasteiger partial charge on any atom is -0.444 e. The lowest BCUT2D eigenvalue weighted by Crippen LogP contribution is -2.56. The molecule has 0 radical (unpaired) electrons. The molecule has 0 N–H and O–H groups in total. The average Bonchev–Trinajstić information content (AvgIpc) is 2.83. The van der Waals surface area contributed by atoms with E-state index in [2.05, 4.69) is 0 Å². The lowest BCUT2D eigenvalue weighted by atomic mass is 10.2. The highest BCUT2D eigenvalue weighted by Gasteiger charge is 2.37. The molecule has 8 nitrogen and oxygen atoms in total. The van der Waals surface area contributed by atoms with Crippen molar-refractivity contribution in [2.75, 3.05) is 19.6 Å². The Morgan fingerprint density at radius 3 is 2.43 bits per heavy atom. The molecule has 1 amide bonds. The fourth-order valence-corrected chi connectivity index (χ4v) is 3.88. The van der Waals surface area contributed by atoms with Crippen molar-refractivity contribution < 1.29 is 22.5 Å². The summed E-state index contributed by atoms with van der Waals surface area (Å²) in [7, 11) is -1.85. The van der Waals surface area contributed by atoms with Gasteiger partial charge in [-0.3, -0.25) is 0 Å². The van der Waals surface area contributed by atoms with Crippen molar-refractivity contribution >= 4 is 16.3 Å². The molecule has 1 aromatic rings. The molecule has 0 aromatic carbocycles. The van der Waals surface area contributed by atoms with Crippen LogP contribution < -0.4 is 4.57 Å². The molecule has 1 atom stereocenters. The molecule has 0 saturated carbocycles. The first kappa shape index (κ1) is 17.7. The number of carbonyl (C=O) groups excluding carboxylic acids is 1. The van der Waals surface area contributed by atoms with E-state index in [-0.39, 0.29) is 19.1 Å². The van der Waals surface area contributed by atoms with Crippen molar-refractivity contribution in [2.45, 2.75) is 39.3 Å². The van der Waals surface area contributed by atoms with Crippen molar-refractivity contribution in [1.29, 1.82) is 0 Å². The number of rotatable bonds is 2. The normalized spacial score (nSPS) is 20.6. The molecule has 1 fully saturated rings. The van der Waals surface area contributed by atoms with Gasteiger partial charge in [0.1, 0.15) is 18.0 Å². The summed E-state index contributed by atoms with van der Waals surface area (Å²) >= 11 is 0. The highest BCUT2D eigenvalue weighted by Crippen LogP contribution is 2.18. The van der Waals surface area contributed by atoms with E-state index < -0.39 is 21.9 Å². The maximum absolute atomic E-state index is 12.6. The first-order valence-corrected chi connectivity index (χ1v) is 8.94. The standard InChI is InChI=1S/C14H25N4O4S/c1-12-10-16(23(20,21)17-7-6-15(5)11-17)8-9-18(12)13(19)22-14(2,3)4/h6-7,11-12H,8-10H2,1-5H3/q+1/t12-/m0/s1. The molecule has 1 aromatic heterocycles. The molecule has 9 heteroatoms. The third-order valence-electron chi connectivity index (χ3n) is 3.56. The van der Waals surface area contributed by atoms with E-state index in [4.69, 9.17) is 4.74 Å². The first-order valence-electron chi connectivity index (χ1n) is 7.54. The van der Waals surface area contributed by atoms with Crippen LogP contribution in [-0.4, -0.2) is 59.0 Å². The highest BCUT2D eigenvalue weighted by molar-refractivity contribution is 7.87. The number of aryl methyl sites for hydroxylation is 1. The Bertz CT molecular complexity index is 677. The van der Waals surface area contributed by atoms with Crippen LogP contribution in [0.3, 0.4) is 0 Å². The Balaban J connectivity index is 2.08. The molecule has 130 valence electrons. The van der Waals surface area contributed by atoms with Gasteiger partial charge in [-0.15, -0.1) is 3.97 Å². The van der Waals surface area contributed by atoms with Crippen LogP contribution in [0, 0.1) is 0 Å². The minimum absolute atomic E-state index is 0.240. The quantitative estimate of drug-likeness (QED) is 0.725. The summed E-state index contributed by atoms with van der Waals surface area (Å²) in [6, 6.07) is -0.252. The predicted octanol–water partition coefficient (Wildman–Crippen LogP) is 0.347. The van der Waals surface area contributed by atoms with Gasteiger partial charge >= 0.3 is 16.3 Å². The van der Waals surface area contributed by atoms with E-state index in [1.807, 2.05) is 27.7 Å². The zero-order chi connectivity index (χ0) is 17.4. The van der Waals surface area contributed by atoms with Gasteiger partial charge in [-0.05, 0) is 27.7 Å². The van der Waals surface area contributed by atoms with Crippen LogP contribution in [0.15, 0.2) is 18.7 Å². The van der Waals surface area contributed by atoms with E-state index >= 15 is 0 Å². The fourth-order valence-electron chi connectivity index (χ4n) is 2.42. The van der Waals surface area contributed by atoms with Crippen molar-refractivity contribution in [3.63, 3.8) is 0 Å². The van der Waals surface area contributed by atoms with Crippen LogP contribution in [0.1, 0.15) is 27.7 Å². The summed E-state index contributed by atoms with van der Waals surface area (Å²) in [6.07, 6.45) is 4.26. The molecule has 1 aliphatic rings. The van der Waals surface area contributed by atoms with Crippen LogP contribution in [0.5, 0.6) is 0 Å². The molecule has 1 saturated heterocycles. The Morgan fingerprint density at radius 2 is 1.96 bits per heavy atom. The molecule has 0 unspecified atom stereocenters. The van der Waals surface area contributed by atoms with Gasteiger partial charge in [0, 0.05) is 25.7 Å². The average molecular weight is 345 g/mol. The van der Waals surface area contributed by atoms with E-state index in [9.17, 15) is 13.2 Å².